The lowest BCUT2D eigenvalue weighted by Crippen LogP contribution is -2.38. The number of amides is 1. The summed E-state index contributed by atoms with van der Waals surface area (Å²) in [6.07, 6.45) is 0. The zero-order chi connectivity index (χ0) is 21.0. The highest BCUT2D eigenvalue weighted by Gasteiger charge is 2.17. The molecule has 3 N–H and O–H groups in total. The van der Waals surface area contributed by atoms with Gasteiger partial charge in [-0.25, -0.2) is 9.37 Å². The first-order valence-electron chi connectivity index (χ1n) is 9.45. The molecule has 0 saturated heterocycles. The number of nitrogens with two attached hydrogens (primary N) is 1. The summed E-state index contributed by atoms with van der Waals surface area (Å²) in [6, 6.07) is 9.73. The smallest absolute Gasteiger partial charge is 0.234 e. The van der Waals surface area contributed by atoms with Crippen LogP contribution in [0.1, 0.15) is 19.7 Å². The maximum atomic E-state index is 14.8. The van der Waals surface area contributed by atoms with Crippen LogP contribution in [0.3, 0.4) is 0 Å². The number of carbonyl (C=O) groups is 1. The van der Waals surface area contributed by atoms with Gasteiger partial charge in [0.2, 0.25) is 5.91 Å². The van der Waals surface area contributed by atoms with Gasteiger partial charge in [-0.05, 0) is 37.6 Å². The summed E-state index contributed by atoms with van der Waals surface area (Å²) in [5, 5.41) is 3.64. The number of ether oxygens (including phenoxy) is 1. The molecule has 0 bridgehead atoms. The van der Waals surface area contributed by atoms with Crippen LogP contribution in [0, 0.1) is 5.82 Å². The van der Waals surface area contributed by atoms with Gasteiger partial charge in [0.25, 0.3) is 0 Å². The number of imidazole rings is 1. The summed E-state index contributed by atoms with van der Waals surface area (Å²) in [6.45, 7) is 5.59. The zero-order valence-corrected chi connectivity index (χ0v) is 17.2. The van der Waals surface area contributed by atoms with Gasteiger partial charge in [0.15, 0.2) is 0 Å². The summed E-state index contributed by atoms with van der Waals surface area (Å²) in [4.78, 5) is 15.9. The summed E-state index contributed by atoms with van der Waals surface area (Å²) in [5.74, 6) is -0.127. The molecule has 29 heavy (non-hydrogen) atoms. The quantitative estimate of drug-likeness (QED) is 0.521. The monoisotopic (exact) mass is 418 g/mol. The number of nitrogens with zero attached hydrogens (tertiary/aromatic N) is 2. The third-order valence-electron chi connectivity index (χ3n) is 4.73. The molecule has 1 heterocycles. The highest BCUT2D eigenvalue weighted by molar-refractivity contribution is 6.30. The Labute approximate surface area is 173 Å². The van der Waals surface area contributed by atoms with Crippen LogP contribution in [0.25, 0.3) is 22.2 Å². The van der Waals surface area contributed by atoms with Crippen molar-refractivity contribution < 1.29 is 13.9 Å². The molecule has 6 nitrogen and oxygen atoms in total. The summed E-state index contributed by atoms with van der Waals surface area (Å²) < 4.78 is 22.3. The number of halogens is 2. The molecule has 3 rings (SSSR count). The van der Waals surface area contributed by atoms with Gasteiger partial charge in [-0.1, -0.05) is 23.7 Å². The Hall–Kier alpha value is -2.48. The van der Waals surface area contributed by atoms with Crippen molar-refractivity contribution in [1.29, 1.82) is 0 Å². The summed E-state index contributed by atoms with van der Waals surface area (Å²) in [7, 11) is 0. The summed E-state index contributed by atoms with van der Waals surface area (Å²) in [5.41, 5.74) is 7.85. The first-order chi connectivity index (χ1) is 13.9. The van der Waals surface area contributed by atoms with E-state index in [9.17, 15) is 9.18 Å². The van der Waals surface area contributed by atoms with E-state index >= 15 is 0 Å². The van der Waals surface area contributed by atoms with E-state index in [4.69, 9.17) is 22.1 Å². The topological polar surface area (TPSA) is 82.2 Å². The van der Waals surface area contributed by atoms with E-state index in [1.165, 1.54) is 6.07 Å². The molecule has 1 aromatic heterocycles. The molecule has 1 atom stereocenters. The van der Waals surface area contributed by atoms with Crippen molar-refractivity contribution in [1.82, 2.24) is 14.9 Å². The van der Waals surface area contributed by atoms with Crippen LogP contribution in [-0.4, -0.2) is 34.7 Å². The van der Waals surface area contributed by atoms with E-state index in [1.54, 1.807) is 37.3 Å². The molecule has 2 aromatic carbocycles. The lowest BCUT2D eigenvalue weighted by atomic mass is 10.0. The van der Waals surface area contributed by atoms with Crippen LogP contribution >= 0.6 is 11.6 Å². The lowest BCUT2D eigenvalue weighted by molar-refractivity contribution is -0.119. The number of primary amides is 1. The lowest BCUT2D eigenvalue weighted by Gasteiger charge is -2.13. The number of benzene rings is 2. The van der Waals surface area contributed by atoms with Crippen LogP contribution in [0.2, 0.25) is 5.02 Å². The van der Waals surface area contributed by atoms with Crippen molar-refractivity contribution in [2.75, 3.05) is 13.2 Å². The molecule has 3 aromatic rings. The van der Waals surface area contributed by atoms with Crippen molar-refractivity contribution >= 4 is 28.5 Å². The van der Waals surface area contributed by atoms with Gasteiger partial charge in [-0.15, -0.1) is 0 Å². The molecule has 0 spiro atoms. The average Bonchev–Trinajstić information content (AvgIpc) is 3.02. The first kappa shape index (κ1) is 21.2. The van der Waals surface area contributed by atoms with E-state index in [0.29, 0.717) is 48.2 Å². The van der Waals surface area contributed by atoms with Crippen molar-refractivity contribution in [2.24, 2.45) is 5.73 Å². The molecule has 0 radical (unpaired) electrons. The van der Waals surface area contributed by atoms with Crippen molar-refractivity contribution in [2.45, 2.75) is 33.0 Å². The Balaban J connectivity index is 2.02. The minimum atomic E-state index is -0.503. The van der Waals surface area contributed by atoms with Crippen molar-refractivity contribution in [3.05, 3.63) is 53.1 Å². The highest BCUT2D eigenvalue weighted by atomic mass is 35.5. The maximum absolute atomic E-state index is 14.8. The predicted octanol–water partition coefficient (Wildman–Crippen LogP) is 3.50. The van der Waals surface area contributed by atoms with E-state index < -0.39 is 11.9 Å². The normalized spacial score (nSPS) is 12.4. The Morgan fingerprint density at radius 1 is 1.34 bits per heavy atom. The fraction of sp³-hybridized carbons (Fsp3) is 0.333. The molecule has 0 unspecified atom stereocenters. The second-order valence-corrected chi connectivity index (χ2v) is 7.15. The molecule has 8 heteroatoms. The van der Waals surface area contributed by atoms with E-state index in [1.807, 2.05) is 11.5 Å². The average molecular weight is 419 g/mol. The fourth-order valence-corrected chi connectivity index (χ4v) is 3.20. The Morgan fingerprint density at radius 2 is 2.07 bits per heavy atom. The van der Waals surface area contributed by atoms with Gasteiger partial charge >= 0.3 is 0 Å². The third-order valence-corrected chi connectivity index (χ3v) is 4.98. The van der Waals surface area contributed by atoms with Crippen LogP contribution in [0.15, 0.2) is 36.4 Å². The van der Waals surface area contributed by atoms with E-state index in [-0.39, 0.29) is 5.82 Å². The summed E-state index contributed by atoms with van der Waals surface area (Å²) >= 11 is 5.95. The number of hydrogen-bond acceptors (Lipinski definition) is 4. The highest BCUT2D eigenvalue weighted by Crippen LogP contribution is 2.29. The molecular weight excluding hydrogens is 395 g/mol. The predicted molar refractivity (Wildman–Crippen MR) is 112 cm³/mol. The van der Waals surface area contributed by atoms with Crippen LogP contribution < -0.4 is 11.1 Å². The molecule has 0 aliphatic rings. The Kier molecular flexibility index (Phi) is 6.84. The van der Waals surface area contributed by atoms with E-state index in [0.717, 1.165) is 11.1 Å². The number of nitrogens with one attached hydrogen (secondary N) is 1. The Bertz CT molecular complexity index is 1000. The fourth-order valence-electron chi connectivity index (χ4n) is 3.08. The van der Waals surface area contributed by atoms with Gasteiger partial charge in [0, 0.05) is 29.8 Å². The number of aromatic nitrogens is 2. The van der Waals surface area contributed by atoms with Gasteiger partial charge in [0.05, 0.1) is 30.2 Å². The molecular formula is C21H24ClFN4O2. The number of rotatable bonds is 9. The first-order valence-corrected chi connectivity index (χ1v) is 9.83. The number of carbonyl (C=O) groups excluding carboxylic acids is 1. The van der Waals surface area contributed by atoms with Crippen molar-refractivity contribution in [3.63, 3.8) is 0 Å². The van der Waals surface area contributed by atoms with E-state index in [2.05, 4.69) is 10.3 Å². The van der Waals surface area contributed by atoms with Crippen molar-refractivity contribution in [3.8, 4) is 11.1 Å². The standard InChI is InChI=1S/C21H24ClFN4O2/c1-3-29-9-8-27-19-10-16(14-4-6-15(22)7-5-14)17(23)11-18(19)26-20(27)12-25-13(2)21(24)28/h4-7,10-11,13,25H,3,8-9,12H2,1-2H3,(H2,24,28)/t13-/m0/s1. The molecule has 0 aliphatic carbocycles. The maximum Gasteiger partial charge on any atom is 0.234 e. The Morgan fingerprint density at radius 3 is 2.72 bits per heavy atom. The van der Waals surface area contributed by atoms with Crippen LogP contribution in [0.4, 0.5) is 4.39 Å². The molecule has 1 amide bonds. The van der Waals surface area contributed by atoms with Gasteiger partial charge in [-0.3, -0.25) is 10.1 Å². The van der Waals surface area contributed by atoms with Gasteiger partial charge in [0.1, 0.15) is 11.6 Å². The minimum absolute atomic E-state index is 0.322. The molecule has 0 aliphatic heterocycles. The largest absolute Gasteiger partial charge is 0.380 e. The van der Waals surface area contributed by atoms with Gasteiger partial charge in [-0.2, -0.15) is 0 Å². The molecule has 154 valence electrons. The number of hydrogen-bond donors (Lipinski definition) is 2. The van der Waals surface area contributed by atoms with Crippen LogP contribution in [0.5, 0.6) is 0 Å². The minimum Gasteiger partial charge on any atom is -0.380 e. The second-order valence-electron chi connectivity index (χ2n) is 6.71. The SMILES string of the molecule is CCOCCn1c(CN[C@@H](C)C(N)=O)nc2cc(F)c(-c3ccc(Cl)cc3)cc21. The third kappa shape index (κ3) is 4.93. The molecule has 0 fully saturated rings. The van der Waals surface area contributed by atoms with Crippen LogP contribution in [-0.2, 0) is 22.6 Å². The zero-order valence-electron chi connectivity index (χ0n) is 16.4. The number of fused-ring (bicyclic) bond motifs is 1. The second kappa shape index (κ2) is 9.35. The van der Waals surface area contributed by atoms with Gasteiger partial charge < -0.3 is 15.0 Å². The molecule has 0 saturated carbocycles.